The van der Waals surface area contributed by atoms with Gasteiger partial charge in [0, 0.05) is 0 Å². The molecular formula is C14H20. The molecule has 0 heterocycles. The Kier molecular flexibility index (Phi) is 1.83. The van der Waals surface area contributed by atoms with E-state index >= 15 is 0 Å². The van der Waals surface area contributed by atoms with Crippen molar-refractivity contribution >= 4 is 0 Å². The second-order valence-electron chi connectivity index (χ2n) is 5.66. The normalized spacial score (nSPS) is 27.4. The lowest BCUT2D eigenvalue weighted by Crippen LogP contribution is -2.33. The van der Waals surface area contributed by atoms with E-state index in [1.165, 1.54) is 5.56 Å². The Morgan fingerprint density at radius 2 is 1.57 bits per heavy atom. The third-order valence-electron chi connectivity index (χ3n) is 4.79. The van der Waals surface area contributed by atoms with E-state index < -0.39 is 0 Å². The summed E-state index contributed by atoms with van der Waals surface area (Å²) < 4.78 is 0. The van der Waals surface area contributed by atoms with Crippen molar-refractivity contribution in [2.24, 2.45) is 5.41 Å². The zero-order chi connectivity index (χ0) is 10.6. The van der Waals surface area contributed by atoms with Gasteiger partial charge in [-0.05, 0) is 27.9 Å². The van der Waals surface area contributed by atoms with Gasteiger partial charge in [-0.2, -0.15) is 0 Å². The number of rotatable bonds is 0. The third-order valence-corrected chi connectivity index (χ3v) is 4.79. The average Bonchev–Trinajstić information content (AvgIpc) is 2.27. The predicted octanol–water partition coefficient (Wildman–Crippen LogP) is 4.11. The number of benzene rings is 1. The van der Waals surface area contributed by atoms with Crippen molar-refractivity contribution in [1.29, 1.82) is 0 Å². The van der Waals surface area contributed by atoms with Gasteiger partial charge in [-0.15, -0.1) is 0 Å². The van der Waals surface area contributed by atoms with Crippen LogP contribution in [0.2, 0.25) is 0 Å². The van der Waals surface area contributed by atoms with Crippen LogP contribution in [-0.4, -0.2) is 0 Å². The molecule has 0 heteroatoms. The molecule has 0 fully saturated rings. The molecule has 1 aromatic carbocycles. The first-order chi connectivity index (χ1) is 6.39. The highest BCUT2D eigenvalue weighted by molar-refractivity contribution is 5.44. The molecule has 0 N–H and O–H groups in total. The van der Waals surface area contributed by atoms with Crippen molar-refractivity contribution in [3.05, 3.63) is 35.4 Å². The van der Waals surface area contributed by atoms with Gasteiger partial charge in [-0.1, -0.05) is 58.9 Å². The minimum Gasteiger partial charge on any atom is -0.0620 e. The Hall–Kier alpha value is -0.780. The third kappa shape index (κ3) is 0.945. The molecule has 76 valence electrons. The fourth-order valence-corrected chi connectivity index (χ4v) is 2.72. The lowest BCUT2D eigenvalue weighted by molar-refractivity contribution is 0.190. The maximum Gasteiger partial charge on any atom is -0.00439 e. The molecule has 0 radical (unpaired) electrons. The van der Waals surface area contributed by atoms with E-state index in [4.69, 9.17) is 0 Å². The van der Waals surface area contributed by atoms with Gasteiger partial charge in [-0.3, -0.25) is 0 Å². The van der Waals surface area contributed by atoms with Crippen LogP contribution in [0.3, 0.4) is 0 Å². The zero-order valence-corrected chi connectivity index (χ0v) is 9.89. The van der Waals surface area contributed by atoms with E-state index in [0.29, 0.717) is 16.7 Å². The van der Waals surface area contributed by atoms with Gasteiger partial charge in [0.15, 0.2) is 0 Å². The highest BCUT2D eigenvalue weighted by Crippen LogP contribution is 2.57. The molecule has 1 aromatic rings. The van der Waals surface area contributed by atoms with E-state index in [1.807, 2.05) is 0 Å². The van der Waals surface area contributed by atoms with E-state index in [2.05, 4.69) is 58.9 Å². The first kappa shape index (κ1) is 9.76. The molecule has 2 rings (SSSR count). The highest BCUT2D eigenvalue weighted by Gasteiger charge is 2.49. The van der Waals surface area contributed by atoms with E-state index in [9.17, 15) is 0 Å². The van der Waals surface area contributed by atoms with Crippen LogP contribution in [0.4, 0.5) is 0 Å². The van der Waals surface area contributed by atoms with E-state index in [1.54, 1.807) is 5.56 Å². The SMILES string of the molecule is CC1c2ccccc2C(C)(C)C1(C)C. The standard InChI is InChI=1S/C14H20/c1-10-11-8-6-7-9-12(11)14(4,5)13(10,2)3/h6-10H,1-5H3. The molecular weight excluding hydrogens is 168 g/mol. The summed E-state index contributed by atoms with van der Waals surface area (Å²) in [5.41, 5.74) is 3.74. The van der Waals surface area contributed by atoms with E-state index in [-0.39, 0.29) is 0 Å². The minimum atomic E-state index is 0.295. The zero-order valence-electron chi connectivity index (χ0n) is 9.89. The summed E-state index contributed by atoms with van der Waals surface area (Å²) in [4.78, 5) is 0. The Morgan fingerprint density at radius 1 is 1.00 bits per heavy atom. The average molecular weight is 188 g/mol. The molecule has 0 nitrogen and oxygen atoms in total. The Bertz CT molecular complexity index is 358. The Balaban J connectivity index is 2.68. The summed E-state index contributed by atoms with van der Waals surface area (Å²) in [6.45, 7) is 11.9. The molecule has 0 saturated carbocycles. The first-order valence-corrected chi connectivity index (χ1v) is 5.48. The molecule has 0 bridgehead atoms. The summed E-state index contributed by atoms with van der Waals surface area (Å²) >= 11 is 0. The second-order valence-corrected chi connectivity index (χ2v) is 5.66. The molecule has 0 amide bonds. The van der Waals surface area contributed by atoms with E-state index in [0.717, 1.165) is 0 Å². The summed E-state index contributed by atoms with van der Waals surface area (Å²) in [5, 5.41) is 0. The summed E-state index contributed by atoms with van der Waals surface area (Å²) in [6.07, 6.45) is 0. The van der Waals surface area contributed by atoms with Gasteiger partial charge in [0.1, 0.15) is 0 Å². The van der Waals surface area contributed by atoms with Gasteiger partial charge in [-0.25, -0.2) is 0 Å². The summed E-state index contributed by atoms with van der Waals surface area (Å²) in [5.74, 6) is 0.661. The number of hydrogen-bond donors (Lipinski definition) is 0. The molecule has 0 aliphatic heterocycles. The Morgan fingerprint density at radius 3 is 2.14 bits per heavy atom. The Labute approximate surface area is 87.3 Å². The van der Waals surface area contributed by atoms with Crippen LogP contribution in [0.1, 0.15) is 51.7 Å². The fourth-order valence-electron chi connectivity index (χ4n) is 2.72. The second kappa shape index (κ2) is 2.62. The van der Waals surface area contributed by atoms with Crippen LogP contribution in [0.5, 0.6) is 0 Å². The quantitative estimate of drug-likeness (QED) is 0.575. The number of hydrogen-bond acceptors (Lipinski definition) is 0. The fraction of sp³-hybridized carbons (Fsp3) is 0.571. The van der Waals surface area contributed by atoms with Crippen molar-refractivity contribution < 1.29 is 0 Å². The van der Waals surface area contributed by atoms with Crippen molar-refractivity contribution in [3.8, 4) is 0 Å². The molecule has 1 unspecified atom stereocenters. The maximum absolute atomic E-state index is 2.39. The van der Waals surface area contributed by atoms with Crippen LogP contribution >= 0.6 is 0 Å². The summed E-state index contributed by atoms with van der Waals surface area (Å²) in [7, 11) is 0. The van der Waals surface area contributed by atoms with Crippen LogP contribution < -0.4 is 0 Å². The largest absolute Gasteiger partial charge is 0.0620 e. The smallest absolute Gasteiger partial charge is 0.00439 e. The van der Waals surface area contributed by atoms with Gasteiger partial charge in [0.05, 0.1) is 0 Å². The van der Waals surface area contributed by atoms with Gasteiger partial charge < -0.3 is 0 Å². The lowest BCUT2D eigenvalue weighted by Gasteiger charge is -2.38. The van der Waals surface area contributed by atoms with Gasteiger partial charge >= 0.3 is 0 Å². The lowest BCUT2D eigenvalue weighted by atomic mass is 9.65. The molecule has 0 spiro atoms. The molecule has 1 atom stereocenters. The van der Waals surface area contributed by atoms with Crippen molar-refractivity contribution in [2.45, 2.75) is 46.0 Å². The predicted molar refractivity (Wildman–Crippen MR) is 61.7 cm³/mol. The summed E-state index contributed by atoms with van der Waals surface area (Å²) in [6, 6.07) is 8.90. The topological polar surface area (TPSA) is 0 Å². The van der Waals surface area contributed by atoms with Crippen LogP contribution in [0, 0.1) is 5.41 Å². The maximum atomic E-state index is 2.39. The number of fused-ring (bicyclic) bond motifs is 1. The molecule has 0 aromatic heterocycles. The van der Waals surface area contributed by atoms with Crippen molar-refractivity contribution in [3.63, 3.8) is 0 Å². The van der Waals surface area contributed by atoms with Gasteiger partial charge in [0.2, 0.25) is 0 Å². The first-order valence-electron chi connectivity index (χ1n) is 5.48. The van der Waals surface area contributed by atoms with Crippen LogP contribution in [0.25, 0.3) is 0 Å². The van der Waals surface area contributed by atoms with Crippen LogP contribution in [0.15, 0.2) is 24.3 Å². The molecule has 1 aliphatic carbocycles. The highest BCUT2D eigenvalue weighted by atomic mass is 14.5. The molecule has 1 aliphatic rings. The van der Waals surface area contributed by atoms with Crippen molar-refractivity contribution in [1.82, 2.24) is 0 Å². The van der Waals surface area contributed by atoms with Crippen LogP contribution in [-0.2, 0) is 5.41 Å². The van der Waals surface area contributed by atoms with Crippen molar-refractivity contribution in [2.75, 3.05) is 0 Å². The monoisotopic (exact) mass is 188 g/mol. The minimum absolute atomic E-state index is 0.295. The molecule has 0 saturated heterocycles. The van der Waals surface area contributed by atoms with Gasteiger partial charge in [0.25, 0.3) is 0 Å². The molecule has 14 heavy (non-hydrogen) atoms.